The van der Waals surface area contributed by atoms with Crippen LogP contribution in [0.4, 0.5) is 0 Å². The standard InChI is InChI=1S/C12H22N4S/c1-13-11(10-6-4-3-5-7-10)8-17-12-15-14-9-16(12)2/h9-11,13H,3-8H2,1-2H3. The Balaban J connectivity index is 1.84. The first-order valence-electron chi connectivity index (χ1n) is 6.45. The molecule has 0 aliphatic heterocycles. The molecule has 4 nitrogen and oxygen atoms in total. The van der Waals surface area contributed by atoms with Gasteiger partial charge in [0.2, 0.25) is 0 Å². The summed E-state index contributed by atoms with van der Waals surface area (Å²) in [5, 5.41) is 12.5. The van der Waals surface area contributed by atoms with Crippen LogP contribution in [0.2, 0.25) is 0 Å². The van der Waals surface area contributed by atoms with Gasteiger partial charge < -0.3 is 9.88 Å². The zero-order valence-electron chi connectivity index (χ0n) is 10.7. The Morgan fingerprint density at radius 3 is 2.82 bits per heavy atom. The maximum atomic E-state index is 4.12. The molecule has 0 bridgehead atoms. The molecule has 0 spiro atoms. The lowest BCUT2D eigenvalue weighted by Gasteiger charge is -2.29. The van der Waals surface area contributed by atoms with Gasteiger partial charge in [0.15, 0.2) is 5.16 Å². The molecule has 0 amide bonds. The number of nitrogens with zero attached hydrogens (tertiary/aromatic N) is 3. The normalized spacial score (nSPS) is 19.4. The Bertz CT molecular complexity index is 333. The lowest BCUT2D eigenvalue weighted by atomic mass is 9.84. The zero-order chi connectivity index (χ0) is 12.1. The SMILES string of the molecule is CNC(CSc1nncn1C)C1CCCCC1. The maximum Gasteiger partial charge on any atom is 0.190 e. The van der Waals surface area contributed by atoms with Crippen LogP contribution in [0.3, 0.4) is 0 Å². The van der Waals surface area contributed by atoms with E-state index < -0.39 is 0 Å². The van der Waals surface area contributed by atoms with Crippen LogP contribution in [-0.2, 0) is 7.05 Å². The Labute approximate surface area is 108 Å². The molecule has 1 aliphatic carbocycles. The summed E-state index contributed by atoms with van der Waals surface area (Å²) in [6.07, 6.45) is 8.74. The average Bonchev–Trinajstić information content (AvgIpc) is 2.77. The quantitative estimate of drug-likeness (QED) is 0.817. The van der Waals surface area contributed by atoms with Gasteiger partial charge in [0.25, 0.3) is 0 Å². The van der Waals surface area contributed by atoms with Crippen LogP contribution in [0.1, 0.15) is 32.1 Å². The van der Waals surface area contributed by atoms with E-state index in [-0.39, 0.29) is 0 Å². The molecular weight excluding hydrogens is 232 g/mol. The first-order valence-corrected chi connectivity index (χ1v) is 7.44. The van der Waals surface area contributed by atoms with Crippen molar-refractivity contribution >= 4 is 11.8 Å². The van der Waals surface area contributed by atoms with E-state index >= 15 is 0 Å². The fourth-order valence-electron chi connectivity index (χ4n) is 2.56. The summed E-state index contributed by atoms with van der Waals surface area (Å²) in [6.45, 7) is 0. The van der Waals surface area contributed by atoms with Gasteiger partial charge in [-0.1, -0.05) is 31.0 Å². The molecule has 1 fully saturated rings. The number of thioether (sulfide) groups is 1. The van der Waals surface area contributed by atoms with Crippen molar-refractivity contribution in [2.45, 2.75) is 43.3 Å². The lowest BCUT2D eigenvalue weighted by Crippen LogP contribution is -2.37. The Morgan fingerprint density at radius 2 is 2.24 bits per heavy atom. The number of hydrogen-bond acceptors (Lipinski definition) is 4. The Morgan fingerprint density at radius 1 is 1.47 bits per heavy atom. The van der Waals surface area contributed by atoms with Crippen molar-refractivity contribution in [3.63, 3.8) is 0 Å². The molecular formula is C12H22N4S. The molecule has 1 aromatic heterocycles. The van der Waals surface area contributed by atoms with E-state index in [0.717, 1.165) is 16.8 Å². The average molecular weight is 254 g/mol. The fraction of sp³-hybridized carbons (Fsp3) is 0.833. The van der Waals surface area contributed by atoms with Crippen molar-refractivity contribution in [1.82, 2.24) is 20.1 Å². The Hall–Kier alpha value is -0.550. The molecule has 1 saturated carbocycles. The third-order valence-electron chi connectivity index (χ3n) is 3.65. The molecule has 0 aromatic carbocycles. The highest BCUT2D eigenvalue weighted by atomic mass is 32.2. The second-order valence-corrected chi connectivity index (χ2v) is 5.82. The van der Waals surface area contributed by atoms with E-state index in [1.54, 1.807) is 18.1 Å². The van der Waals surface area contributed by atoms with Gasteiger partial charge in [0, 0.05) is 18.8 Å². The summed E-state index contributed by atoms with van der Waals surface area (Å²) in [5.74, 6) is 1.93. The summed E-state index contributed by atoms with van der Waals surface area (Å²) < 4.78 is 1.98. The predicted molar refractivity (Wildman–Crippen MR) is 71.1 cm³/mol. The van der Waals surface area contributed by atoms with Gasteiger partial charge in [0.05, 0.1) is 0 Å². The third-order valence-corrected chi connectivity index (χ3v) is 4.81. The molecule has 0 saturated heterocycles. The van der Waals surface area contributed by atoms with Gasteiger partial charge in [-0.2, -0.15) is 0 Å². The Kier molecular flexibility index (Phi) is 4.86. The summed E-state index contributed by atoms with van der Waals surface area (Å²) in [5.41, 5.74) is 0. The van der Waals surface area contributed by atoms with Gasteiger partial charge in [-0.3, -0.25) is 0 Å². The van der Waals surface area contributed by atoms with Crippen LogP contribution in [-0.4, -0.2) is 33.6 Å². The first kappa shape index (κ1) is 12.9. The van der Waals surface area contributed by atoms with Gasteiger partial charge in [-0.05, 0) is 25.8 Å². The van der Waals surface area contributed by atoms with Crippen LogP contribution in [0, 0.1) is 5.92 Å². The molecule has 1 atom stereocenters. The highest BCUT2D eigenvalue weighted by molar-refractivity contribution is 7.99. The van der Waals surface area contributed by atoms with Crippen LogP contribution < -0.4 is 5.32 Å². The van der Waals surface area contributed by atoms with E-state index in [4.69, 9.17) is 0 Å². The molecule has 96 valence electrons. The highest BCUT2D eigenvalue weighted by Crippen LogP contribution is 2.28. The number of hydrogen-bond donors (Lipinski definition) is 1. The van der Waals surface area contributed by atoms with Crippen LogP contribution >= 0.6 is 11.8 Å². The monoisotopic (exact) mass is 254 g/mol. The van der Waals surface area contributed by atoms with Crippen LogP contribution in [0.15, 0.2) is 11.5 Å². The topological polar surface area (TPSA) is 42.7 Å². The minimum atomic E-state index is 0.608. The first-order chi connectivity index (χ1) is 8.31. The second kappa shape index (κ2) is 6.40. The summed E-state index contributed by atoms with van der Waals surface area (Å²) in [6, 6.07) is 0.608. The molecule has 1 N–H and O–H groups in total. The van der Waals surface area contributed by atoms with Crippen molar-refractivity contribution in [2.24, 2.45) is 13.0 Å². The number of nitrogens with one attached hydrogen (secondary N) is 1. The molecule has 1 aromatic rings. The molecule has 2 rings (SSSR count). The second-order valence-electron chi connectivity index (χ2n) is 4.83. The minimum absolute atomic E-state index is 0.608. The predicted octanol–water partition coefficient (Wildman–Crippen LogP) is 2.08. The van der Waals surface area contributed by atoms with E-state index in [2.05, 4.69) is 22.6 Å². The van der Waals surface area contributed by atoms with Crippen molar-refractivity contribution in [3.05, 3.63) is 6.33 Å². The van der Waals surface area contributed by atoms with Crippen molar-refractivity contribution in [3.8, 4) is 0 Å². The van der Waals surface area contributed by atoms with Crippen molar-refractivity contribution < 1.29 is 0 Å². The molecule has 1 heterocycles. The summed E-state index contributed by atoms with van der Waals surface area (Å²) >= 11 is 1.81. The van der Waals surface area contributed by atoms with Crippen LogP contribution in [0.5, 0.6) is 0 Å². The summed E-state index contributed by atoms with van der Waals surface area (Å²) in [4.78, 5) is 0. The largest absolute Gasteiger partial charge is 0.316 e. The molecule has 0 radical (unpaired) electrons. The molecule has 17 heavy (non-hydrogen) atoms. The van der Waals surface area contributed by atoms with E-state index in [1.807, 2.05) is 11.6 Å². The van der Waals surface area contributed by atoms with Crippen LogP contribution in [0.25, 0.3) is 0 Å². The van der Waals surface area contributed by atoms with Gasteiger partial charge in [-0.15, -0.1) is 10.2 Å². The minimum Gasteiger partial charge on any atom is -0.316 e. The molecule has 1 aliphatic rings. The lowest BCUT2D eigenvalue weighted by molar-refractivity contribution is 0.294. The van der Waals surface area contributed by atoms with E-state index in [0.29, 0.717) is 6.04 Å². The number of aryl methyl sites for hydroxylation is 1. The van der Waals surface area contributed by atoms with Gasteiger partial charge >= 0.3 is 0 Å². The van der Waals surface area contributed by atoms with Crippen molar-refractivity contribution in [2.75, 3.05) is 12.8 Å². The van der Waals surface area contributed by atoms with Gasteiger partial charge in [-0.25, -0.2) is 0 Å². The third kappa shape index (κ3) is 3.45. The zero-order valence-corrected chi connectivity index (χ0v) is 11.5. The molecule has 5 heteroatoms. The highest BCUT2D eigenvalue weighted by Gasteiger charge is 2.22. The van der Waals surface area contributed by atoms with Crippen molar-refractivity contribution in [1.29, 1.82) is 0 Å². The van der Waals surface area contributed by atoms with E-state index in [1.165, 1.54) is 32.1 Å². The number of aromatic nitrogens is 3. The molecule has 1 unspecified atom stereocenters. The number of rotatable bonds is 5. The van der Waals surface area contributed by atoms with Gasteiger partial charge in [0.1, 0.15) is 6.33 Å². The maximum absolute atomic E-state index is 4.12. The smallest absolute Gasteiger partial charge is 0.190 e. The van der Waals surface area contributed by atoms with E-state index in [9.17, 15) is 0 Å². The fourth-order valence-corrected chi connectivity index (χ4v) is 3.68. The summed E-state index contributed by atoms with van der Waals surface area (Å²) in [7, 11) is 4.08.